The standard InChI is InChI=1S/C25H21ClF6N2O5/c1-34(23(38)14-9-15(24(27,28)29)11-16(10-14)25(30,31)32)18(8-13-2-4-17(26)5-3-13)6-7-21(36)39-19-12-20(35)33-22(19)37/h2-5,9-12,18,33,35,37H,6-8H2,1H3. The van der Waals surface area contributed by atoms with E-state index in [9.17, 15) is 46.1 Å². The molecule has 0 saturated carbocycles. The molecular weight excluding hydrogens is 558 g/mol. The number of carbonyl (C=O) groups excluding carboxylic acids is 2. The number of nitrogens with zero attached hydrogens (tertiary/aromatic N) is 1. The summed E-state index contributed by atoms with van der Waals surface area (Å²) in [6.45, 7) is 0. The maximum atomic E-state index is 13.3. The van der Waals surface area contributed by atoms with Crippen molar-refractivity contribution in [2.75, 3.05) is 7.05 Å². The van der Waals surface area contributed by atoms with E-state index in [1.54, 1.807) is 24.3 Å². The molecule has 1 unspecified atom stereocenters. The highest BCUT2D eigenvalue weighted by atomic mass is 35.5. The Hall–Kier alpha value is -3.87. The Balaban J connectivity index is 1.88. The molecule has 3 aromatic rings. The zero-order valence-corrected chi connectivity index (χ0v) is 20.8. The lowest BCUT2D eigenvalue weighted by molar-refractivity contribution is -0.143. The third kappa shape index (κ3) is 7.82. The van der Waals surface area contributed by atoms with Crippen molar-refractivity contribution < 1.29 is 50.9 Å². The molecule has 0 fully saturated rings. The Morgan fingerprint density at radius 2 is 1.54 bits per heavy atom. The molecule has 3 N–H and O–H groups in total. The third-order valence-electron chi connectivity index (χ3n) is 5.74. The fraction of sp³-hybridized carbons (Fsp3) is 0.280. The number of ether oxygens (including phenoxy) is 1. The number of aromatic hydroxyl groups is 2. The maximum Gasteiger partial charge on any atom is 0.416 e. The number of alkyl halides is 6. The summed E-state index contributed by atoms with van der Waals surface area (Å²) >= 11 is 5.89. The van der Waals surface area contributed by atoms with Crippen LogP contribution >= 0.6 is 11.6 Å². The van der Waals surface area contributed by atoms with Crippen molar-refractivity contribution in [1.82, 2.24) is 9.88 Å². The fourth-order valence-electron chi connectivity index (χ4n) is 3.72. The van der Waals surface area contributed by atoms with Crippen LogP contribution in [0.15, 0.2) is 48.5 Å². The molecule has 14 heteroatoms. The minimum Gasteiger partial charge on any atom is -0.494 e. The van der Waals surface area contributed by atoms with Gasteiger partial charge in [0.25, 0.3) is 5.91 Å². The molecule has 39 heavy (non-hydrogen) atoms. The van der Waals surface area contributed by atoms with Crippen molar-refractivity contribution in [3.8, 4) is 17.5 Å². The van der Waals surface area contributed by atoms with Crippen LogP contribution in [0, 0.1) is 0 Å². The lowest BCUT2D eigenvalue weighted by Crippen LogP contribution is -2.39. The first kappa shape index (κ1) is 29.7. The largest absolute Gasteiger partial charge is 0.494 e. The predicted molar refractivity (Wildman–Crippen MR) is 126 cm³/mol. The van der Waals surface area contributed by atoms with Gasteiger partial charge in [-0.15, -0.1) is 0 Å². The van der Waals surface area contributed by atoms with Crippen molar-refractivity contribution in [3.05, 3.63) is 75.8 Å². The fourth-order valence-corrected chi connectivity index (χ4v) is 3.85. The number of halogens is 7. The monoisotopic (exact) mass is 578 g/mol. The number of esters is 1. The molecule has 0 spiro atoms. The second kappa shape index (κ2) is 11.5. The predicted octanol–water partition coefficient (Wildman–Crippen LogP) is 6.19. The van der Waals surface area contributed by atoms with Gasteiger partial charge in [0.05, 0.1) is 11.1 Å². The molecule has 1 heterocycles. The van der Waals surface area contributed by atoms with Crippen molar-refractivity contribution in [3.63, 3.8) is 0 Å². The van der Waals surface area contributed by atoms with E-state index in [-0.39, 0.29) is 31.1 Å². The van der Waals surface area contributed by atoms with Gasteiger partial charge in [-0.3, -0.25) is 14.6 Å². The molecule has 0 saturated heterocycles. The molecular formula is C25H21ClF6N2O5. The van der Waals surface area contributed by atoms with E-state index in [4.69, 9.17) is 16.3 Å². The van der Waals surface area contributed by atoms with Crippen LogP contribution in [0.5, 0.6) is 17.5 Å². The minimum absolute atomic E-state index is 0.0635. The Labute approximate surface area is 222 Å². The molecule has 0 aliphatic rings. The average Bonchev–Trinajstić information content (AvgIpc) is 3.16. The van der Waals surface area contributed by atoms with Crippen molar-refractivity contribution >= 4 is 23.5 Å². The summed E-state index contributed by atoms with van der Waals surface area (Å²) in [7, 11) is 1.19. The number of hydrogen-bond donors (Lipinski definition) is 3. The molecule has 2 aromatic carbocycles. The normalized spacial score (nSPS) is 12.7. The van der Waals surface area contributed by atoms with Gasteiger partial charge in [0.1, 0.15) is 0 Å². The second-order valence-electron chi connectivity index (χ2n) is 8.58. The number of amides is 1. The first-order chi connectivity index (χ1) is 18.0. The van der Waals surface area contributed by atoms with Gasteiger partial charge in [0.15, 0.2) is 11.6 Å². The molecule has 210 valence electrons. The molecule has 7 nitrogen and oxygen atoms in total. The third-order valence-corrected chi connectivity index (χ3v) is 5.99. The van der Waals surface area contributed by atoms with Crippen molar-refractivity contribution in [2.24, 2.45) is 0 Å². The van der Waals surface area contributed by atoms with Gasteiger partial charge in [-0.05, 0) is 48.7 Å². The summed E-state index contributed by atoms with van der Waals surface area (Å²) in [5.74, 6) is -3.46. The van der Waals surface area contributed by atoms with Crippen LogP contribution in [-0.4, -0.2) is 45.1 Å². The molecule has 1 amide bonds. The Bertz CT molecular complexity index is 1310. The van der Waals surface area contributed by atoms with E-state index in [2.05, 4.69) is 4.98 Å². The quantitative estimate of drug-likeness (QED) is 0.219. The highest BCUT2D eigenvalue weighted by Gasteiger charge is 2.38. The number of nitrogens with one attached hydrogen (secondary N) is 1. The van der Waals surface area contributed by atoms with Gasteiger partial charge in [0.2, 0.25) is 5.88 Å². The van der Waals surface area contributed by atoms with Gasteiger partial charge in [0, 0.05) is 36.2 Å². The first-order valence-electron chi connectivity index (χ1n) is 11.2. The van der Waals surface area contributed by atoms with Crippen molar-refractivity contribution in [2.45, 2.75) is 37.7 Å². The van der Waals surface area contributed by atoms with Gasteiger partial charge in [-0.25, -0.2) is 0 Å². The number of hydrogen-bond acceptors (Lipinski definition) is 5. The topological polar surface area (TPSA) is 103 Å². The molecule has 1 atom stereocenters. The SMILES string of the molecule is CN(C(=O)c1cc(C(F)(F)F)cc(C(F)(F)F)c1)C(CCC(=O)Oc1cc(O)[nH]c1O)Cc1ccc(Cl)cc1. The van der Waals surface area contributed by atoms with E-state index in [0.29, 0.717) is 22.7 Å². The summed E-state index contributed by atoms with van der Waals surface area (Å²) in [6, 6.07) is 6.97. The summed E-state index contributed by atoms with van der Waals surface area (Å²) in [6.07, 6.45) is -10.7. The summed E-state index contributed by atoms with van der Waals surface area (Å²) < 4.78 is 84.8. The summed E-state index contributed by atoms with van der Waals surface area (Å²) in [5.41, 5.74) is -3.50. The number of likely N-dealkylation sites (N-methyl/N-ethyl adjacent to an activating group) is 1. The Morgan fingerprint density at radius 1 is 0.974 bits per heavy atom. The number of H-pyrrole nitrogens is 1. The smallest absolute Gasteiger partial charge is 0.416 e. The number of carbonyl (C=O) groups is 2. The minimum atomic E-state index is -5.14. The molecule has 0 aliphatic carbocycles. The maximum absolute atomic E-state index is 13.3. The molecule has 0 bridgehead atoms. The lowest BCUT2D eigenvalue weighted by Gasteiger charge is -2.29. The Kier molecular flexibility index (Phi) is 8.74. The van der Waals surface area contributed by atoms with Crippen LogP contribution in [-0.2, 0) is 23.6 Å². The second-order valence-corrected chi connectivity index (χ2v) is 9.01. The van der Waals surface area contributed by atoms with Gasteiger partial charge < -0.3 is 19.8 Å². The molecule has 0 aliphatic heterocycles. The zero-order chi connectivity index (χ0) is 29.1. The van der Waals surface area contributed by atoms with Crippen LogP contribution in [0.3, 0.4) is 0 Å². The van der Waals surface area contributed by atoms with E-state index < -0.39 is 58.7 Å². The van der Waals surface area contributed by atoms with E-state index in [1.165, 1.54) is 7.05 Å². The number of aromatic nitrogens is 1. The lowest BCUT2D eigenvalue weighted by atomic mass is 9.98. The van der Waals surface area contributed by atoms with E-state index in [0.717, 1.165) is 11.0 Å². The molecule has 1 aromatic heterocycles. The van der Waals surface area contributed by atoms with E-state index >= 15 is 0 Å². The number of benzene rings is 2. The van der Waals surface area contributed by atoms with Crippen LogP contribution in [0.2, 0.25) is 5.02 Å². The van der Waals surface area contributed by atoms with E-state index in [1.807, 2.05) is 0 Å². The zero-order valence-electron chi connectivity index (χ0n) is 20.0. The average molecular weight is 579 g/mol. The first-order valence-corrected chi connectivity index (χ1v) is 11.5. The number of aromatic amines is 1. The van der Waals surface area contributed by atoms with Gasteiger partial charge >= 0.3 is 18.3 Å². The van der Waals surface area contributed by atoms with Crippen LogP contribution < -0.4 is 4.74 Å². The molecule has 3 rings (SSSR count). The van der Waals surface area contributed by atoms with Crippen LogP contribution in [0.25, 0.3) is 0 Å². The van der Waals surface area contributed by atoms with Crippen LogP contribution in [0.4, 0.5) is 26.3 Å². The highest BCUT2D eigenvalue weighted by Crippen LogP contribution is 2.37. The van der Waals surface area contributed by atoms with Crippen molar-refractivity contribution in [1.29, 1.82) is 0 Å². The number of rotatable bonds is 8. The Morgan fingerprint density at radius 3 is 2.03 bits per heavy atom. The van der Waals surface area contributed by atoms with Gasteiger partial charge in [-0.1, -0.05) is 23.7 Å². The summed E-state index contributed by atoms with van der Waals surface area (Å²) in [4.78, 5) is 28.6. The van der Waals surface area contributed by atoms with Crippen LogP contribution in [0.1, 0.15) is 39.9 Å². The van der Waals surface area contributed by atoms with Gasteiger partial charge in [-0.2, -0.15) is 26.3 Å². The molecule has 0 radical (unpaired) electrons. The highest BCUT2D eigenvalue weighted by molar-refractivity contribution is 6.30. The summed E-state index contributed by atoms with van der Waals surface area (Å²) in [5, 5.41) is 19.3.